The van der Waals surface area contributed by atoms with Crippen LogP contribution in [-0.4, -0.2) is 89.3 Å². The number of hydrogen-bond donors (Lipinski definition) is 1. The van der Waals surface area contributed by atoms with Crippen molar-refractivity contribution in [1.29, 1.82) is 0 Å². The summed E-state index contributed by atoms with van der Waals surface area (Å²) in [4.78, 5) is 11.4. The predicted molar refractivity (Wildman–Crippen MR) is 94.6 cm³/mol. The van der Waals surface area contributed by atoms with Crippen LogP contribution in [0, 0.1) is 0 Å². The summed E-state index contributed by atoms with van der Waals surface area (Å²) in [5.41, 5.74) is -5.65. The minimum absolute atomic E-state index is 0.746. The highest BCUT2D eigenvalue weighted by Crippen LogP contribution is 2.61. The van der Waals surface area contributed by atoms with Crippen molar-refractivity contribution in [1.82, 2.24) is 0 Å². The Kier molecular flexibility index (Phi) is 10.8. The van der Waals surface area contributed by atoms with Gasteiger partial charge in [0.2, 0.25) is 17.0 Å². The fraction of sp³-hybridized carbons (Fsp3) is 0.933. The lowest BCUT2D eigenvalue weighted by atomic mass is 9.84. The lowest BCUT2D eigenvalue weighted by Gasteiger charge is -2.43. The Morgan fingerprint density at radius 2 is 1.08 bits per heavy atom. The molecule has 0 saturated heterocycles. The minimum atomic E-state index is -8.20. The van der Waals surface area contributed by atoms with Crippen molar-refractivity contribution in [2.45, 2.75) is 66.5 Å². The molecule has 0 aromatic carbocycles. The van der Waals surface area contributed by atoms with Gasteiger partial charge in [-0.2, -0.15) is 43.9 Å². The summed E-state index contributed by atoms with van der Waals surface area (Å²) < 4.78 is 219. The maximum Gasteiger partial charge on any atom is 0.500 e. The zero-order valence-corrected chi connectivity index (χ0v) is 19.8. The van der Waals surface area contributed by atoms with Crippen molar-refractivity contribution in [3.05, 3.63) is 0 Å². The van der Waals surface area contributed by atoms with Crippen molar-refractivity contribution in [2.75, 3.05) is 21.3 Å². The van der Waals surface area contributed by atoms with Gasteiger partial charge in [-0.25, -0.2) is 22.0 Å². The summed E-state index contributed by atoms with van der Waals surface area (Å²) in [5.74, 6) is -39.1. The number of halogens is 15. The van der Waals surface area contributed by atoms with Crippen LogP contribution in [0.1, 0.15) is 6.42 Å². The zero-order valence-electron chi connectivity index (χ0n) is 17.9. The molecule has 4 nitrogen and oxygen atoms in total. The first-order valence-corrected chi connectivity index (χ1v) is 11.3. The lowest BCUT2D eigenvalue weighted by Crippen LogP contribution is -2.73. The Morgan fingerprint density at radius 3 is 1.39 bits per heavy atom. The molecule has 0 aromatic rings. The molecule has 0 spiro atoms. The molecular formula is C15H17F15O4SSi. The van der Waals surface area contributed by atoms with E-state index in [0.29, 0.717) is 0 Å². The van der Waals surface area contributed by atoms with E-state index in [4.69, 9.17) is 0 Å². The Labute approximate surface area is 199 Å². The first kappa shape index (κ1) is 35.1. The molecule has 0 bridgehead atoms. The molecular weight excluding hydrogens is 589 g/mol. The average molecular weight is 606 g/mol. The van der Waals surface area contributed by atoms with E-state index < -0.39 is 80.4 Å². The van der Waals surface area contributed by atoms with E-state index in [0.717, 1.165) is 21.3 Å². The van der Waals surface area contributed by atoms with Gasteiger partial charge in [0.15, 0.2) is 6.17 Å². The van der Waals surface area contributed by atoms with Crippen LogP contribution in [0.2, 0.25) is 6.04 Å². The maximum atomic E-state index is 14.9. The molecule has 0 saturated carbocycles. The standard InChI is InChI=1S/C15H17F15O4SSi/c1-32-36(33-2,34-3)5-4-10(20,9(31)35)12(23,24)14(27,28)15(29,30)13(25,26)11(21,22)7(17)6(16)8(18)19/h6-8H,4-5H2,1-3H3,(H,31,35). The predicted octanol–water partition coefficient (Wildman–Crippen LogP) is 5.54. The highest BCUT2D eigenvalue weighted by atomic mass is 32.1. The summed E-state index contributed by atoms with van der Waals surface area (Å²) >= 11 is 2.52. The van der Waals surface area contributed by atoms with Gasteiger partial charge in [0.25, 0.3) is 6.43 Å². The Morgan fingerprint density at radius 1 is 0.722 bits per heavy atom. The van der Waals surface area contributed by atoms with Crippen LogP contribution in [0.5, 0.6) is 0 Å². The number of hydrogen-bond acceptors (Lipinski definition) is 4. The molecule has 0 aromatic heterocycles. The number of carbonyl (C=O) groups is 1. The Balaban J connectivity index is 6.75. The molecule has 21 heteroatoms. The third-order valence-corrected chi connectivity index (χ3v) is 8.10. The maximum absolute atomic E-state index is 14.9. The van der Waals surface area contributed by atoms with Crippen LogP contribution in [0.25, 0.3) is 0 Å². The van der Waals surface area contributed by atoms with Gasteiger partial charge in [0.05, 0.1) is 0 Å². The van der Waals surface area contributed by atoms with E-state index in [-0.39, 0.29) is 0 Å². The van der Waals surface area contributed by atoms with Gasteiger partial charge < -0.3 is 13.3 Å². The first-order chi connectivity index (χ1) is 15.8. The summed E-state index contributed by atoms with van der Waals surface area (Å²) in [7, 11) is -2.05. The first-order valence-electron chi connectivity index (χ1n) is 8.88. The molecule has 0 N–H and O–H groups in total. The molecule has 36 heavy (non-hydrogen) atoms. The van der Waals surface area contributed by atoms with Gasteiger partial charge in [-0.15, -0.1) is 12.6 Å². The van der Waals surface area contributed by atoms with Crippen LogP contribution in [0.4, 0.5) is 65.9 Å². The van der Waals surface area contributed by atoms with E-state index in [1.165, 1.54) is 0 Å². The van der Waals surface area contributed by atoms with Crippen LogP contribution >= 0.6 is 12.6 Å². The summed E-state index contributed by atoms with van der Waals surface area (Å²) in [6.07, 6.45) is -17.8. The Bertz CT molecular complexity index is 759. The molecule has 0 fully saturated rings. The second kappa shape index (κ2) is 11.0. The molecule has 3 unspecified atom stereocenters. The largest absolute Gasteiger partial charge is 0.500 e. The van der Waals surface area contributed by atoms with E-state index in [9.17, 15) is 70.7 Å². The third-order valence-electron chi connectivity index (χ3n) is 5.01. The van der Waals surface area contributed by atoms with E-state index >= 15 is 0 Å². The van der Waals surface area contributed by atoms with Gasteiger partial charge in [0, 0.05) is 33.8 Å². The van der Waals surface area contributed by atoms with Crippen molar-refractivity contribution < 1.29 is 83.9 Å². The van der Waals surface area contributed by atoms with E-state index in [1.807, 2.05) is 0 Å². The van der Waals surface area contributed by atoms with Gasteiger partial charge in [-0.1, -0.05) is 0 Å². The molecule has 0 amide bonds. The third kappa shape index (κ3) is 5.30. The molecule has 0 aliphatic rings. The van der Waals surface area contributed by atoms with E-state index in [2.05, 4.69) is 25.9 Å². The monoisotopic (exact) mass is 606 g/mol. The Hall–Kier alpha value is -0.933. The lowest BCUT2D eigenvalue weighted by molar-refractivity contribution is -0.419. The molecule has 3 atom stereocenters. The quantitative estimate of drug-likeness (QED) is 0.151. The van der Waals surface area contributed by atoms with Gasteiger partial charge in [-0.05, 0) is 0 Å². The number of rotatable bonds is 15. The van der Waals surface area contributed by atoms with Crippen molar-refractivity contribution >= 4 is 26.5 Å². The SMILES string of the molecule is CO[Si](CCC(F)(C(=O)S)C(F)(F)C(F)(F)C(F)(F)C(F)(F)C(F)(F)C(F)C(F)C(F)F)(OC)OC. The van der Waals surface area contributed by atoms with Crippen LogP contribution < -0.4 is 0 Å². The normalized spacial score (nSPS) is 18.2. The van der Waals surface area contributed by atoms with Crippen LogP contribution in [0.15, 0.2) is 0 Å². The molecule has 0 rings (SSSR count). The van der Waals surface area contributed by atoms with Crippen LogP contribution in [0.3, 0.4) is 0 Å². The topological polar surface area (TPSA) is 44.8 Å². The number of carbonyl (C=O) groups excluding carboxylic acids is 1. The highest BCUT2D eigenvalue weighted by Gasteiger charge is 2.91. The summed E-state index contributed by atoms with van der Waals surface area (Å²) in [5, 5.41) is -2.99. The number of alkyl halides is 15. The molecule has 216 valence electrons. The minimum Gasteiger partial charge on any atom is -0.377 e. The molecule has 0 radical (unpaired) electrons. The zero-order chi connectivity index (χ0) is 29.3. The summed E-state index contributed by atoms with van der Waals surface area (Å²) in [6, 6.07) is -1.41. The molecule has 0 heterocycles. The fourth-order valence-electron chi connectivity index (χ4n) is 2.63. The van der Waals surface area contributed by atoms with Crippen molar-refractivity contribution in [3.63, 3.8) is 0 Å². The van der Waals surface area contributed by atoms with Crippen molar-refractivity contribution in [3.8, 4) is 0 Å². The van der Waals surface area contributed by atoms with E-state index in [1.54, 1.807) is 0 Å². The second-order valence-electron chi connectivity index (χ2n) is 7.00. The van der Waals surface area contributed by atoms with Gasteiger partial charge in [-0.3, -0.25) is 4.79 Å². The number of thiol groups is 1. The molecule has 0 aliphatic carbocycles. The van der Waals surface area contributed by atoms with Crippen molar-refractivity contribution in [2.24, 2.45) is 0 Å². The highest BCUT2D eigenvalue weighted by molar-refractivity contribution is 7.96. The summed E-state index contributed by atoms with van der Waals surface area (Å²) in [6.45, 7) is 0. The van der Waals surface area contributed by atoms with Gasteiger partial charge in [0.1, 0.15) is 0 Å². The average Bonchev–Trinajstić information content (AvgIpc) is 2.77. The smallest absolute Gasteiger partial charge is 0.377 e. The second-order valence-corrected chi connectivity index (χ2v) is 10.5. The fourth-order valence-corrected chi connectivity index (χ4v) is 4.65. The van der Waals surface area contributed by atoms with Crippen LogP contribution in [-0.2, 0) is 18.1 Å². The van der Waals surface area contributed by atoms with Gasteiger partial charge >= 0.3 is 38.4 Å². The molecule has 0 aliphatic heterocycles.